The Balaban J connectivity index is 1.32. The summed E-state index contributed by atoms with van der Waals surface area (Å²) in [4.78, 5) is 32.6. The van der Waals surface area contributed by atoms with Gasteiger partial charge in [0.25, 0.3) is 5.91 Å². The SMILES string of the molecule is CC(C)c1ccc(OC[C@H]2c3ccsc3CCN2C(=O)CN(C[C@H]2CCCO2)C(=O)c2cccs2)cc1. The van der Waals surface area contributed by atoms with E-state index in [9.17, 15) is 9.59 Å². The molecular formula is C29H34N2O4S2. The minimum atomic E-state index is -0.186. The minimum absolute atomic E-state index is 0.0190. The number of amides is 2. The summed E-state index contributed by atoms with van der Waals surface area (Å²) in [6.45, 7) is 6.52. The van der Waals surface area contributed by atoms with Crippen molar-refractivity contribution in [1.82, 2.24) is 9.80 Å². The first-order valence-corrected chi connectivity index (χ1v) is 14.8. The van der Waals surface area contributed by atoms with E-state index in [1.165, 1.54) is 21.8 Å². The van der Waals surface area contributed by atoms with Crippen molar-refractivity contribution >= 4 is 34.5 Å². The number of ether oxygens (including phenoxy) is 2. The highest BCUT2D eigenvalue weighted by atomic mass is 32.1. The zero-order valence-electron chi connectivity index (χ0n) is 21.4. The highest BCUT2D eigenvalue weighted by Crippen LogP contribution is 2.34. The molecule has 8 heteroatoms. The number of carbonyl (C=O) groups is 2. The molecule has 6 nitrogen and oxygen atoms in total. The molecule has 5 rings (SSSR count). The largest absolute Gasteiger partial charge is 0.491 e. The average molecular weight is 539 g/mol. The van der Waals surface area contributed by atoms with Gasteiger partial charge in [-0.2, -0.15) is 0 Å². The van der Waals surface area contributed by atoms with E-state index in [1.807, 2.05) is 34.5 Å². The van der Waals surface area contributed by atoms with Crippen molar-refractivity contribution in [3.05, 3.63) is 74.1 Å². The first-order valence-electron chi connectivity index (χ1n) is 13.0. The molecule has 0 spiro atoms. The quantitative estimate of drug-likeness (QED) is 0.348. The van der Waals surface area contributed by atoms with Crippen LogP contribution < -0.4 is 4.74 Å². The maximum absolute atomic E-state index is 13.8. The normalized spacial score (nSPS) is 19.2. The summed E-state index contributed by atoms with van der Waals surface area (Å²) in [5, 5.41) is 3.98. The van der Waals surface area contributed by atoms with Gasteiger partial charge in [0, 0.05) is 24.6 Å². The van der Waals surface area contributed by atoms with E-state index >= 15 is 0 Å². The predicted octanol–water partition coefficient (Wildman–Crippen LogP) is 5.76. The highest BCUT2D eigenvalue weighted by Gasteiger charge is 2.34. The van der Waals surface area contributed by atoms with Gasteiger partial charge in [-0.25, -0.2) is 0 Å². The summed E-state index contributed by atoms with van der Waals surface area (Å²) < 4.78 is 12.0. The van der Waals surface area contributed by atoms with Crippen molar-refractivity contribution in [3.8, 4) is 5.75 Å². The summed E-state index contributed by atoms with van der Waals surface area (Å²) in [5.41, 5.74) is 2.42. The minimum Gasteiger partial charge on any atom is -0.491 e. The number of fused-ring (bicyclic) bond motifs is 1. The molecule has 2 aromatic heterocycles. The van der Waals surface area contributed by atoms with E-state index in [0.29, 0.717) is 37.1 Å². The van der Waals surface area contributed by atoms with Crippen LogP contribution in [0.1, 0.15) is 64.3 Å². The Morgan fingerprint density at radius 3 is 2.68 bits per heavy atom. The van der Waals surface area contributed by atoms with Gasteiger partial charge in [-0.05, 0) is 71.3 Å². The zero-order valence-corrected chi connectivity index (χ0v) is 23.1. The lowest BCUT2D eigenvalue weighted by Crippen LogP contribution is -2.49. The first-order chi connectivity index (χ1) is 18.0. The van der Waals surface area contributed by atoms with Crippen LogP contribution in [0.4, 0.5) is 0 Å². The van der Waals surface area contributed by atoms with Gasteiger partial charge < -0.3 is 19.3 Å². The van der Waals surface area contributed by atoms with Crippen LogP contribution in [0.25, 0.3) is 0 Å². The van der Waals surface area contributed by atoms with Gasteiger partial charge in [-0.3, -0.25) is 9.59 Å². The number of hydrogen-bond donors (Lipinski definition) is 0. The second-order valence-electron chi connectivity index (χ2n) is 9.98. The van der Waals surface area contributed by atoms with Crippen LogP contribution in [0.3, 0.4) is 0 Å². The third-order valence-electron chi connectivity index (χ3n) is 7.16. The van der Waals surface area contributed by atoms with Crippen molar-refractivity contribution in [3.63, 3.8) is 0 Å². The lowest BCUT2D eigenvalue weighted by Gasteiger charge is -2.37. The van der Waals surface area contributed by atoms with Crippen LogP contribution in [0.5, 0.6) is 5.75 Å². The molecule has 1 aromatic carbocycles. The Morgan fingerprint density at radius 1 is 1.14 bits per heavy atom. The maximum Gasteiger partial charge on any atom is 0.264 e. The molecule has 37 heavy (non-hydrogen) atoms. The molecule has 1 saturated heterocycles. The van der Waals surface area contributed by atoms with Crippen LogP contribution in [0, 0.1) is 0 Å². The second-order valence-corrected chi connectivity index (χ2v) is 11.9. The fourth-order valence-electron chi connectivity index (χ4n) is 5.06. The van der Waals surface area contributed by atoms with Gasteiger partial charge in [-0.1, -0.05) is 32.0 Å². The Morgan fingerprint density at radius 2 is 1.97 bits per heavy atom. The number of hydrogen-bond acceptors (Lipinski definition) is 6. The average Bonchev–Trinajstić information content (AvgIpc) is 3.69. The summed E-state index contributed by atoms with van der Waals surface area (Å²) in [5.74, 6) is 1.10. The van der Waals surface area contributed by atoms with Crippen LogP contribution in [-0.2, 0) is 16.0 Å². The predicted molar refractivity (Wildman–Crippen MR) is 148 cm³/mol. The second kappa shape index (κ2) is 11.8. The van der Waals surface area contributed by atoms with Gasteiger partial charge in [0.15, 0.2) is 0 Å². The summed E-state index contributed by atoms with van der Waals surface area (Å²) >= 11 is 3.14. The standard InChI is InChI=1S/C29H34N2O4S2/c1-20(2)21-7-9-22(10-8-21)35-19-25-24-12-16-37-26(24)11-13-31(25)28(32)18-30(17-23-5-3-14-34-23)29(33)27-6-4-15-36-27/h4,6-10,12,15-16,20,23,25H,3,5,11,13-14,17-19H2,1-2H3/t23-,25+/m1/s1. The molecular weight excluding hydrogens is 504 g/mol. The number of nitrogens with zero attached hydrogens (tertiary/aromatic N) is 2. The summed E-state index contributed by atoms with van der Waals surface area (Å²) in [7, 11) is 0. The van der Waals surface area contributed by atoms with Gasteiger partial charge in [0.05, 0.1) is 17.0 Å². The molecule has 196 valence electrons. The molecule has 0 aliphatic carbocycles. The van der Waals surface area contributed by atoms with Gasteiger partial charge in [0.2, 0.25) is 5.91 Å². The zero-order chi connectivity index (χ0) is 25.8. The number of benzene rings is 1. The Bertz CT molecular complexity index is 1180. The van der Waals surface area contributed by atoms with Crippen molar-refractivity contribution in [2.45, 2.75) is 51.2 Å². The molecule has 2 aliphatic rings. The summed E-state index contributed by atoms with van der Waals surface area (Å²) in [6.07, 6.45) is 2.71. The molecule has 3 aromatic rings. The number of thiophene rings is 2. The molecule has 0 unspecified atom stereocenters. The van der Waals surface area contributed by atoms with Crippen LogP contribution in [0.15, 0.2) is 53.2 Å². The fraction of sp³-hybridized carbons (Fsp3) is 0.448. The van der Waals surface area contributed by atoms with E-state index in [2.05, 4.69) is 37.4 Å². The number of rotatable bonds is 9. The Hall–Kier alpha value is -2.68. The molecule has 2 amide bonds. The molecule has 2 atom stereocenters. The molecule has 2 aliphatic heterocycles. The maximum atomic E-state index is 13.8. The van der Waals surface area contributed by atoms with Crippen molar-refractivity contribution in [2.24, 2.45) is 0 Å². The Kier molecular flexibility index (Phi) is 8.27. The van der Waals surface area contributed by atoms with Gasteiger partial charge in [-0.15, -0.1) is 22.7 Å². The lowest BCUT2D eigenvalue weighted by atomic mass is 10.00. The third-order valence-corrected chi connectivity index (χ3v) is 9.02. The van der Waals surface area contributed by atoms with E-state index in [1.54, 1.807) is 16.2 Å². The van der Waals surface area contributed by atoms with E-state index in [0.717, 1.165) is 30.6 Å². The highest BCUT2D eigenvalue weighted by molar-refractivity contribution is 7.12. The summed E-state index contributed by atoms with van der Waals surface area (Å²) in [6, 6.07) is 13.8. The van der Waals surface area contributed by atoms with Crippen LogP contribution >= 0.6 is 22.7 Å². The lowest BCUT2D eigenvalue weighted by molar-refractivity contribution is -0.135. The van der Waals surface area contributed by atoms with E-state index in [4.69, 9.17) is 9.47 Å². The fourth-order valence-corrected chi connectivity index (χ4v) is 6.68. The molecule has 1 fully saturated rings. The van der Waals surface area contributed by atoms with Gasteiger partial charge >= 0.3 is 0 Å². The monoisotopic (exact) mass is 538 g/mol. The molecule has 0 bridgehead atoms. The molecule has 4 heterocycles. The van der Waals surface area contributed by atoms with Crippen molar-refractivity contribution in [1.29, 1.82) is 0 Å². The third kappa shape index (κ3) is 6.08. The smallest absolute Gasteiger partial charge is 0.264 e. The Labute approximate surface area is 226 Å². The van der Waals surface area contributed by atoms with E-state index in [-0.39, 0.29) is 30.5 Å². The van der Waals surface area contributed by atoms with Crippen LogP contribution in [-0.4, -0.2) is 60.6 Å². The van der Waals surface area contributed by atoms with Crippen LogP contribution in [0.2, 0.25) is 0 Å². The molecule has 0 saturated carbocycles. The number of carbonyl (C=O) groups excluding carboxylic acids is 2. The molecule has 0 N–H and O–H groups in total. The van der Waals surface area contributed by atoms with Crippen molar-refractivity contribution < 1.29 is 19.1 Å². The van der Waals surface area contributed by atoms with Crippen molar-refractivity contribution in [2.75, 3.05) is 32.8 Å². The molecule has 0 radical (unpaired) electrons. The first kappa shape index (κ1) is 25.9. The topological polar surface area (TPSA) is 59.1 Å². The van der Waals surface area contributed by atoms with E-state index < -0.39 is 0 Å². The van der Waals surface area contributed by atoms with Gasteiger partial charge in [0.1, 0.15) is 18.9 Å².